The SMILES string of the molecule is Cc1cccc(NC(=O)CCN2C(=S)N[C@@H](c3ccccn3)[C@@H]2c2ccn(C(C)(C)C)c2)c1. The van der Waals surface area contributed by atoms with Crippen LogP contribution in [0, 0.1) is 6.92 Å². The van der Waals surface area contributed by atoms with Crippen LogP contribution in [0.2, 0.25) is 0 Å². The first-order chi connectivity index (χ1) is 15.7. The number of anilines is 1. The molecule has 4 rings (SSSR count). The van der Waals surface area contributed by atoms with Crippen LogP contribution in [0.1, 0.15) is 56.1 Å². The van der Waals surface area contributed by atoms with E-state index in [4.69, 9.17) is 12.2 Å². The lowest BCUT2D eigenvalue weighted by atomic mass is 9.99. The van der Waals surface area contributed by atoms with Crippen molar-refractivity contribution in [2.24, 2.45) is 0 Å². The van der Waals surface area contributed by atoms with E-state index in [0.717, 1.165) is 22.5 Å². The third-order valence-electron chi connectivity index (χ3n) is 5.91. The average molecular weight is 462 g/mol. The Balaban J connectivity index is 1.56. The molecule has 1 fully saturated rings. The van der Waals surface area contributed by atoms with Gasteiger partial charge in [-0.15, -0.1) is 0 Å². The van der Waals surface area contributed by atoms with Crippen molar-refractivity contribution in [3.8, 4) is 0 Å². The third kappa shape index (κ3) is 5.25. The molecule has 0 bridgehead atoms. The van der Waals surface area contributed by atoms with Crippen molar-refractivity contribution < 1.29 is 4.79 Å². The Morgan fingerprint density at radius 2 is 2.00 bits per heavy atom. The monoisotopic (exact) mass is 461 g/mol. The van der Waals surface area contributed by atoms with Crippen molar-refractivity contribution in [3.05, 3.63) is 83.9 Å². The molecule has 0 unspecified atom stereocenters. The summed E-state index contributed by atoms with van der Waals surface area (Å²) >= 11 is 5.72. The minimum atomic E-state index is -0.0886. The zero-order valence-corrected chi connectivity index (χ0v) is 20.4. The van der Waals surface area contributed by atoms with Gasteiger partial charge in [0.2, 0.25) is 5.91 Å². The summed E-state index contributed by atoms with van der Waals surface area (Å²) in [6.45, 7) is 9.06. The molecule has 0 aliphatic carbocycles. The Morgan fingerprint density at radius 3 is 2.67 bits per heavy atom. The van der Waals surface area contributed by atoms with Gasteiger partial charge < -0.3 is 20.1 Å². The summed E-state index contributed by atoms with van der Waals surface area (Å²) in [6, 6.07) is 15.7. The number of carbonyl (C=O) groups is 1. The van der Waals surface area contributed by atoms with Crippen LogP contribution in [0.4, 0.5) is 5.69 Å². The van der Waals surface area contributed by atoms with Crippen LogP contribution in [0.25, 0.3) is 0 Å². The molecule has 0 radical (unpaired) electrons. The predicted molar refractivity (Wildman–Crippen MR) is 136 cm³/mol. The maximum Gasteiger partial charge on any atom is 0.226 e. The lowest BCUT2D eigenvalue weighted by Gasteiger charge is -2.27. The van der Waals surface area contributed by atoms with Gasteiger partial charge >= 0.3 is 0 Å². The van der Waals surface area contributed by atoms with E-state index in [0.29, 0.717) is 18.1 Å². The standard InChI is InChI=1S/C26H31N5OS/c1-18-8-7-9-20(16-18)28-22(32)12-15-31-24(19-11-14-30(17-19)26(2,3)4)23(29-25(31)33)21-10-5-6-13-27-21/h5-11,13-14,16-17,23-24H,12,15H2,1-4H3,(H,28,32)(H,29,33)/t23-,24-/m0/s1. The van der Waals surface area contributed by atoms with Crippen LogP contribution in [0.15, 0.2) is 67.1 Å². The average Bonchev–Trinajstić information content (AvgIpc) is 3.37. The quantitative estimate of drug-likeness (QED) is 0.509. The number of aromatic nitrogens is 2. The van der Waals surface area contributed by atoms with Crippen molar-refractivity contribution in [2.75, 3.05) is 11.9 Å². The Hall–Kier alpha value is -3.19. The van der Waals surface area contributed by atoms with Crippen molar-refractivity contribution in [3.63, 3.8) is 0 Å². The summed E-state index contributed by atoms with van der Waals surface area (Å²) < 4.78 is 2.21. The van der Waals surface area contributed by atoms with Crippen molar-refractivity contribution >= 4 is 28.9 Å². The van der Waals surface area contributed by atoms with E-state index in [1.54, 1.807) is 6.20 Å². The van der Waals surface area contributed by atoms with Gasteiger partial charge in [0.05, 0.1) is 17.8 Å². The molecule has 1 aliphatic rings. The van der Waals surface area contributed by atoms with Crippen molar-refractivity contribution in [1.82, 2.24) is 19.8 Å². The number of benzene rings is 1. The molecule has 3 aromatic rings. The van der Waals surface area contributed by atoms with Gasteiger partial charge in [-0.05, 0) is 81.4 Å². The molecule has 172 valence electrons. The molecule has 2 atom stereocenters. The Bertz CT molecular complexity index is 1130. The van der Waals surface area contributed by atoms with E-state index in [-0.39, 0.29) is 23.5 Å². The summed E-state index contributed by atoms with van der Waals surface area (Å²) in [6.07, 6.45) is 6.42. The molecule has 1 amide bonds. The van der Waals surface area contributed by atoms with Gasteiger partial charge in [-0.25, -0.2) is 0 Å². The van der Waals surface area contributed by atoms with Gasteiger partial charge in [0.15, 0.2) is 5.11 Å². The summed E-state index contributed by atoms with van der Waals surface area (Å²) in [7, 11) is 0. The minimum Gasteiger partial charge on any atom is -0.352 e. The largest absolute Gasteiger partial charge is 0.352 e. The van der Waals surface area contributed by atoms with Gasteiger partial charge in [-0.1, -0.05) is 18.2 Å². The molecule has 0 saturated carbocycles. The van der Waals surface area contributed by atoms with Crippen molar-refractivity contribution in [2.45, 2.75) is 51.7 Å². The maximum atomic E-state index is 12.7. The molecule has 2 aromatic heterocycles. The van der Waals surface area contributed by atoms with Crippen LogP contribution in [-0.4, -0.2) is 32.0 Å². The second kappa shape index (κ2) is 9.35. The number of hydrogen-bond donors (Lipinski definition) is 2. The summed E-state index contributed by atoms with van der Waals surface area (Å²) in [5.74, 6) is -0.0318. The minimum absolute atomic E-state index is 0.0240. The summed E-state index contributed by atoms with van der Waals surface area (Å²) in [5, 5.41) is 7.09. The van der Waals surface area contributed by atoms with Gasteiger partial charge in [0, 0.05) is 42.8 Å². The first kappa shape index (κ1) is 23.0. The molecule has 1 aliphatic heterocycles. The number of amides is 1. The molecule has 3 heterocycles. The highest BCUT2D eigenvalue weighted by atomic mass is 32.1. The van der Waals surface area contributed by atoms with E-state index in [1.165, 1.54) is 0 Å². The number of aryl methyl sites for hydroxylation is 1. The fourth-order valence-corrected chi connectivity index (χ4v) is 4.52. The zero-order chi connectivity index (χ0) is 23.6. The number of thiocarbonyl (C=S) groups is 1. The predicted octanol–water partition coefficient (Wildman–Crippen LogP) is 4.95. The lowest BCUT2D eigenvalue weighted by molar-refractivity contribution is -0.116. The molecule has 33 heavy (non-hydrogen) atoms. The first-order valence-corrected chi connectivity index (χ1v) is 11.7. The smallest absolute Gasteiger partial charge is 0.226 e. The molecule has 2 N–H and O–H groups in total. The van der Waals surface area contributed by atoms with E-state index in [9.17, 15) is 4.79 Å². The maximum absolute atomic E-state index is 12.7. The normalized spacial score (nSPS) is 18.3. The van der Waals surface area contributed by atoms with Crippen LogP contribution < -0.4 is 10.6 Å². The number of rotatable bonds is 6. The first-order valence-electron chi connectivity index (χ1n) is 11.3. The highest BCUT2D eigenvalue weighted by Crippen LogP contribution is 2.39. The van der Waals surface area contributed by atoms with Gasteiger partial charge in [-0.3, -0.25) is 9.78 Å². The highest BCUT2D eigenvalue weighted by Gasteiger charge is 2.40. The number of nitrogens with one attached hydrogen (secondary N) is 2. The molecule has 7 heteroatoms. The Morgan fingerprint density at radius 1 is 1.18 bits per heavy atom. The van der Waals surface area contributed by atoms with Crippen LogP contribution in [0.3, 0.4) is 0 Å². The van der Waals surface area contributed by atoms with Gasteiger partial charge in [-0.2, -0.15) is 0 Å². The van der Waals surface area contributed by atoms with Crippen LogP contribution in [0.5, 0.6) is 0 Å². The summed E-state index contributed by atoms with van der Waals surface area (Å²) in [5.41, 5.74) is 3.97. The second-order valence-corrected chi connectivity index (χ2v) is 9.90. The fraction of sp³-hybridized carbons (Fsp3) is 0.346. The molecule has 1 aromatic carbocycles. The van der Waals surface area contributed by atoms with Crippen LogP contribution in [-0.2, 0) is 10.3 Å². The number of pyridine rings is 1. The number of carbonyl (C=O) groups excluding carboxylic acids is 1. The summed E-state index contributed by atoms with van der Waals surface area (Å²) in [4.78, 5) is 19.4. The Labute approximate surface area is 201 Å². The van der Waals surface area contributed by atoms with Crippen molar-refractivity contribution in [1.29, 1.82) is 0 Å². The molecule has 0 spiro atoms. The number of hydrogen-bond acceptors (Lipinski definition) is 3. The lowest BCUT2D eigenvalue weighted by Crippen LogP contribution is -2.32. The third-order valence-corrected chi connectivity index (χ3v) is 6.26. The number of nitrogens with zero attached hydrogens (tertiary/aromatic N) is 3. The van der Waals surface area contributed by atoms with Crippen LogP contribution >= 0.6 is 12.2 Å². The Kier molecular flexibility index (Phi) is 6.51. The van der Waals surface area contributed by atoms with E-state index < -0.39 is 0 Å². The molecular weight excluding hydrogens is 430 g/mol. The molecule has 6 nitrogen and oxygen atoms in total. The van der Waals surface area contributed by atoms with E-state index in [1.807, 2.05) is 49.4 Å². The van der Waals surface area contributed by atoms with E-state index in [2.05, 4.69) is 64.3 Å². The zero-order valence-electron chi connectivity index (χ0n) is 19.6. The van der Waals surface area contributed by atoms with Gasteiger partial charge in [0.25, 0.3) is 0 Å². The molecule has 1 saturated heterocycles. The molecular formula is C26H31N5OS. The topological polar surface area (TPSA) is 62.2 Å². The van der Waals surface area contributed by atoms with Gasteiger partial charge in [0.1, 0.15) is 0 Å². The van der Waals surface area contributed by atoms with E-state index >= 15 is 0 Å². The second-order valence-electron chi connectivity index (χ2n) is 9.51. The highest BCUT2D eigenvalue weighted by molar-refractivity contribution is 7.80. The fourth-order valence-electron chi connectivity index (χ4n) is 4.18.